The van der Waals surface area contributed by atoms with Gasteiger partial charge < -0.3 is 11.1 Å². The van der Waals surface area contributed by atoms with Crippen molar-refractivity contribution < 1.29 is 9.18 Å². The van der Waals surface area contributed by atoms with Gasteiger partial charge in [-0.3, -0.25) is 9.69 Å². The van der Waals surface area contributed by atoms with Crippen molar-refractivity contribution in [1.82, 2.24) is 20.4 Å². The number of rotatable bonds is 5. The fourth-order valence-electron chi connectivity index (χ4n) is 2.96. The molecule has 7 heteroatoms. The van der Waals surface area contributed by atoms with Crippen LogP contribution in [0, 0.1) is 5.82 Å². The smallest absolute Gasteiger partial charge is 0.234 e. The zero-order valence-electron chi connectivity index (χ0n) is 13.3. The van der Waals surface area contributed by atoms with Crippen LogP contribution in [0.1, 0.15) is 30.1 Å². The zero-order chi connectivity index (χ0) is 16.9. The molecule has 1 aliphatic heterocycles. The summed E-state index contributed by atoms with van der Waals surface area (Å²) in [6, 6.07) is 10.1. The Labute approximate surface area is 139 Å². The molecular weight excluding hydrogens is 309 g/mol. The second-order valence-electron chi connectivity index (χ2n) is 5.88. The summed E-state index contributed by atoms with van der Waals surface area (Å²) in [6.45, 7) is 1.26. The van der Waals surface area contributed by atoms with Crippen LogP contribution in [0.3, 0.4) is 0 Å². The second-order valence-corrected chi connectivity index (χ2v) is 5.88. The highest BCUT2D eigenvalue weighted by atomic mass is 19.1. The summed E-state index contributed by atoms with van der Waals surface area (Å²) in [5.74, 6) is -0.0616. The van der Waals surface area contributed by atoms with E-state index in [1.807, 2.05) is 6.07 Å². The van der Waals surface area contributed by atoms with E-state index in [9.17, 15) is 9.18 Å². The molecule has 0 spiro atoms. The van der Waals surface area contributed by atoms with Crippen molar-refractivity contribution >= 4 is 11.7 Å². The quantitative estimate of drug-likeness (QED) is 0.871. The molecule has 3 rings (SSSR count). The lowest BCUT2D eigenvalue weighted by Crippen LogP contribution is -2.37. The van der Waals surface area contributed by atoms with Gasteiger partial charge in [0.15, 0.2) is 0 Å². The zero-order valence-corrected chi connectivity index (χ0v) is 13.3. The third kappa shape index (κ3) is 3.86. The topological polar surface area (TPSA) is 84.1 Å². The minimum atomic E-state index is -0.311. The summed E-state index contributed by atoms with van der Waals surface area (Å²) < 4.78 is 13.6. The number of likely N-dealkylation sites (tertiary alicyclic amines) is 1. The van der Waals surface area contributed by atoms with Crippen molar-refractivity contribution in [2.24, 2.45) is 0 Å². The number of benzene rings is 1. The molecule has 1 saturated heterocycles. The number of nitrogens with two attached hydrogens (primary N) is 1. The van der Waals surface area contributed by atoms with Gasteiger partial charge in [0.25, 0.3) is 0 Å². The molecule has 2 aromatic rings. The van der Waals surface area contributed by atoms with Gasteiger partial charge in [-0.05, 0) is 37.6 Å². The number of hydrogen-bond acceptors (Lipinski definition) is 5. The minimum Gasteiger partial charge on any atom is -0.382 e. The van der Waals surface area contributed by atoms with E-state index in [0.29, 0.717) is 11.4 Å². The molecule has 1 aromatic carbocycles. The van der Waals surface area contributed by atoms with Crippen LogP contribution in [0.15, 0.2) is 36.4 Å². The Morgan fingerprint density at radius 1 is 1.29 bits per heavy atom. The highest BCUT2D eigenvalue weighted by Crippen LogP contribution is 2.30. The van der Waals surface area contributed by atoms with Gasteiger partial charge in [-0.1, -0.05) is 18.2 Å². The molecular formula is C17H20FN5O. The Bertz CT molecular complexity index is 706. The summed E-state index contributed by atoms with van der Waals surface area (Å²) in [7, 11) is 0. The van der Waals surface area contributed by atoms with Gasteiger partial charge in [-0.15, -0.1) is 5.10 Å². The molecule has 1 aromatic heterocycles. The van der Waals surface area contributed by atoms with Crippen LogP contribution >= 0.6 is 0 Å². The van der Waals surface area contributed by atoms with Gasteiger partial charge in [0.2, 0.25) is 5.91 Å². The van der Waals surface area contributed by atoms with Crippen LogP contribution in [0.5, 0.6) is 0 Å². The van der Waals surface area contributed by atoms with E-state index < -0.39 is 0 Å². The lowest BCUT2D eigenvalue weighted by Gasteiger charge is -2.23. The summed E-state index contributed by atoms with van der Waals surface area (Å²) in [4.78, 5) is 14.2. The monoisotopic (exact) mass is 329 g/mol. The van der Waals surface area contributed by atoms with E-state index >= 15 is 0 Å². The Morgan fingerprint density at radius 3 is 2.88 bits per heavy atom. The molecule has 3 N–H and O–H groups in total. The lowest BCUT2D eigenvalue weighted by atomic mass is 10.1. The predicted octanol–water partition coefficient (Wildman–Crippen LogP) is 1.65. The van der Waals surface area contributed by atoms with Gasteiger partial charge in [-0.2, -0.15) is 5.10 Å². The van der Waals surface area contributed by atoms with Crippen LogP contribution in [0.25, 0.3) is 0 Å². The number of nitrogens with zero attached hydrogens (tertiary/aromatic N) is 3. The van der Waals surface area contributed by atoms with Crippen molar-refractivity contribution in [3.8, 4) is 0 Å². The summed E-state index contributed by atoms with van der Waals surface area (Å²) in [5, 5.41) is 10.8. The fourth-order valence-corrected chi connectivity index (χ4v) is 2.96. The molecule has 1 amide bonds. The third-order valence-electron chi connectivity index (χ3n) is 4.19. The molecule has 0 radical (unpaired) electrons. The number of halogens is 1. The molecule has 2 heterocycles. The fraction of sp³-hybridized carbons (Fsp3) is 0.353. The third-order valence-corrected chi connectivity index (χ3v) is 4.19. The van der Waals surface area contributed by atoms with Gasteiger partial charge in [0.05, 0.1) is 18.3 Å². The van der Waals surface area contributed by atoms with Gasteiger partial charge in [0, 0.05) is 12.1 Å². The maximum atomic E-state index is 13.6. The number of aromatic nitrogens is 2. The van der Waals surface area contributed by atoms with Crippen LogP contribution in [-0.4, -0.2) is 34.1 Å². The van der Waals surface area contributed by atoms with Crippen LogP contribution in [-0.2, 0) is 11.3 Å². The first kappa shape index (κ1) is 16.3. The standard InChI is InChI=1S/C17H20FN5O/c18-13-5-2-1-4-12(13)10-20-17(24)11-23-9-3-6-15(23)14-7-8-16(19)22-21-14/h1-2,4-5,7-8,15H,3,6,9-11H2,(H2,19,22)(H,20,24). The Morgan fingerprint density at radius 2 is 2.12 bits per heavy atom. The molecule has 1 fully saturated rings. The molecule has 1 atom stereocenters. The highest BCUT2D eigenvalue weighted by molar-refractivity contribution is 5.78. The average molecular weight is 329 g/mol. The van der Waals surface area contributed by atoms with Crippen molar-refractivity contribution in [2.45, 2.75) is 25.4 Å². The number of amides is 1. The van der Waals surface area contributed by atoms with Crippen LogP contribution < -0.4 is 11.1 Å². The average Bonchev–Trinajstić information content (AvgIpc) is 3.03. The molecule has 1 unspecified atom stereocenters. The summed E-state index contributed by atoms with van der Waals surface area (Å²) in [5.41, 5.74) is 6.87. The molecule has 0 saturated carbocycles. The molecule has 6 nitrogen and oxygen atoms in total. The normalized spacial score (nSPS) is 17.8. The predicted molar refractivity (Wildman–Crippen MR) is 88.2 cm³/mol. The first-order valence-electron chi connectivity index (χ1n) is 7.97. The summed E-state index contributed by atoms with van der Waals surface area (Å²) >= 11 is 0. The lowest BCUT2D eigenvalue weighted by molar-refractivity contribution is -0.122. The summed E-state index contributed by atoms with van der Waals surface area (Å²) in [6.07, 6.45) is 1.93. The van der Waals surface area contributed by atoms with E-state index in [1.165, 1.54) is 6.07 Å². The maximum absolute atomic E-state index is 13.6. The van der Waals surface area contributed by atoms with E-state index in [2.05, 4.69) is 20.4 Å². The van der Waals surface area contributed by atoms with Crippen molar-refractivity contribution in [2.75, 3.05) is 18.8 Å². The number of nitrogens with one attached hydrogen (secondary N) is 1. The van der Waals surface area contributed by atoms with E-state index in [-0.39, 0.29) is 30.9 Å². The maximum Gasteiger partial charge on any atom is 0.234 e. The van der Waals surface area contributed by atoms with Crippen molar-refractivity contribution in [3.05, 3.63) is 53.5 Å². The Balaban J connectivity index is 1.57. The van der Waals surface area contributed by atoms with Gasteiger partial charge in [-0.25, -0.2) is 4.39 Å². The van der Waals surface area contributed by atoms with E-state index in [4.69, 9.17) is 5.73 Å². The minimum absolute atomic E-state index is 0.0670. The number of hydrogen-bond donors (Lipinski definition) is 2. The first-order valence-corrected chi connectivity index (χ1v) is 7.97. The van der Waals surface area contributed by atoms with E-state index in [0.717, 1.165) is 25.1 Å². The van der Waals surface area contributed by atoms with Gasteiger partial charge >= 0.3 is 0 Å². The molecule has 0 bridgehead atoms. The van der Waals surface area contributed by atoms with Crippen LogP contribution in [0.4, 0.5) is 10.2 Å². The number of nitrogen functional groups attached to an aromatic ring is 1. The van der Waals surface area contributed by atoms with Crippen molar-refractivity contribution in [1.29, 1.82) is 0 Å². The SMILES string of the molecule is Nc1ccc(C2CCCN2CC(=O)NCc2ccccc2F)nn1. The van der Waals surface area contributed by atoms with E-state index in [1.54, 1.807) is 24.3 Å². The number of carbonyl (C=O) groups excluding carboxylic acids is 1. The Hall–Kier alpha value is -2.54. The largest absolute Gasteiger partial charge is 0.382 e. The molecule has 24 heavy (non-hydrogen) atoms. The first-order chi connectivity index (χ1) is 11.6. The Kier molecular flexibility index (Phi) is 5.00. The highest BCUT2D eigenvalue weighted by Gasteiger charge is 2.28. The van der Waals surface area contributed by atoms with Crippen LogP contribution in [0.2, 0.25) is 0 Å². The number of anilines is 1. The second kappa shape index (κ2) is 7.35. The molecule has 126 valence electrons. The number of carbonyl (C=O) groups is 1. The molecule has 0 aliphatic carbocycles. The molecule has 1 aliphatic rings. The van der Waals surface area contributed by atoms with Crippen molar-refractivity contribution in [3.63, 3.8) is 0 Å². The van der Waals surface area contributed by atoms with Gasteiger partial charge in [0.1, 0.15) is 11.6 Å².